The fraction of sp³-hybridized carbons (Fsp3) is 0.385. The molecular formula is C13H15ClO4. The molecule has 1 rings (SSSR count). The second-order valence-corrected chi connectivity index (χ2v) is 3.98. The van der Waals surface area contributed by atoms with Gasteiger partial charge in [0.15, 0.2) is 5.78 Å². The van der Waals surface area contributed by atoms with Crippen molar-refractivity contribution in [3.8, 4) is 0 Å². The second kappa shape index (κ2) is 7.13. The number of carbonyl (C=O) groups excluding carboxylic acids is 2. The highest BCUT2D eigenvalue weighted by Crippen LogP contribution is 2.15. The number of aliphatic hydroxyl groups excluding tert-OH is 1. The van der Waals surface area contributed by atoms with Crippen molar-refractivity contribution in [1.82, 2.24) is 0 Å². The van der Waals surface area contributed by atoms with Crippen molar-refractivity contribution in [2.24, 2.45) is 0 Å². The molecule has 0 aromatic heterocycles. The first-order valence-electron chi connectivity index (χ1n) is 5.59. The molecule has 0 aliphatic rings. The third kappa shape index (κ3) is 3.82. The van der Waals surface area contributed by atoms with Crippen LogP contribution in [0.3, 0.4) is 0 Å². The fourth-order valence-electron chi connectivity index (χ4n) is 1.55. The lowest BCUT2D eigenvalue weighted by Gasteiger charge is -2.09. The highest BCUT2D eigenvalue weighted by Gasteiger charge is 2.12. The number of rotatable bonds is 6. The van der Waals surface area contributed by atoms with E-state index in [4.69, 9.17) is 16.3 Å². The van der Waals surface area contributed by atoms with Crippen LogP contribution in [0.5, 0.6) is 0 Å². The van der Waals surface area contributed by atoms with Gasteiger partial charge in [0.25, 0.3) is 0 Å². The van der Waals surface area contributed by atoms with Crippen LogP contribution >= 0.6 is 11.6 Å². The van der Waals surface area contributed by atoms with Crippen LogP contribution < -0.4 is 0 Å². The maximum atomic E-state index is 11.6. The Hall–Kier alpha value is -1.39. The van der Waals surface area contributed by atoms with Crippen LogP contribution in [0, 0.1) is 0 Å². The van der Waals surface area contributed by atoms with Gasteiger partial charge in [0, 0.05) is 6.42 Å². The molecule has 0 fully saturated rings. The van der Waals surface area contributed by atoms with Crippen molar-refractivity contribution >= 4 is 23.4 Å². The predicted molar refractivity (Wildman–Crippen MR) is 67.8 cm³/mol. The molecule has 0 bridgehead atoms. The standard InChI is InChI=1S/C13H15ClO4/c1-2-18-13(17)9-3-4-10(8-15)11(5-9)6-12(16)7-14/h3-5,15H,2,6-8H2,1H3. The molecule has 1 aromatic rings. The van der Waals surface area contributed by atoms with E-state index in [0.717, 1.165) is 0 Å². The van der Waals surface area contributed by atoms with E-state index in [1.54, 1.807) is 25.1 Å². The maximum Gasteiger partial charge on any atom is 0.338 e. The summed E-state index contributed by atoms with van der Waals surface area (Å²) in [5, 5.41) is 9.18. The first kappa shape index (κ1) is 14.7. The van der Waals surface area contributed by atoms with Crippen LogP contribution in [0.1, 0.15) is 28.4 Å². The van der Waals surface area contributed by atoms with Crippen molar-refractivity contribution in [2.45, 2.75) is 20.0 Å². The topological polar surface area (TPSA) is 63.6 Å². The first-order chi connectivity index (χ1) is 8.62. The summed E-state index contributed by atoms with van der Waals surface area (Å²) >= 11 is 5.45. The summed E-state index contributed by atoms with van der Waals surface area (Å²) in [5.74, 6) is -0.692. The summed E-state index contributed by atoms with van der Waals surface area (Å²) in [5.41, 5.74) is 1.58. The molecule has 0 aliphatic heterocycles. The van der Waals surface area contributed by atoms with Gasteiger partial charge in [0.2, 0.25) is 0 Å². The van der Waals surface area contributed by atoms with Gasteiger partial charge in [0.1, 0.15) is 0 Å². The molecule has 0 radical (unpaired) electrons. The fourth-order valence-corrected chi connectivity index (χ4v) is 1.64. The Morgan fingerprint density at radius 1 is 1.33 bits per heavy atom. The lowest BCUT2D eigenvalue weighted by molar-refractivity contribution is -0.116. The molecule has 1 aromatic carbocycles. The zero-order chi connectivity index (χ0) is 13.5. The van der Waals surface area contributed by atoms with Crippen LogP contribution in [0.15, 0.2) is 18.2 Å². The van der Waals surface area contributed by atoms with E-state index in [9.17, 15) is 14.7 Å². The van der Waals surface area contributed by atoms with Gasteiger partial charge in [-0.3, -0.25) is 4.79 Å². The van der Waals surface area contributed by atoms with E-state index in [0.29, 0.717) is 16.7 Å². The van der Waals surface area contributed by atoms with Crippen LogP contribution in [0.4, 0.5) is 0 Å². The average Bonchev–Trinajstić information content (AvgIpc) is 2.38. The third-order valence-electron chi connectivity index (χ3n) is 2.42. The Bertz CT molecular complexity index is 443. The Balaban J connectivity index is 3.01. The number of alkyl halides is 1. The van der Waals surface area contributed by atoms with Crippen molar-refractivity contribution in [2.75, 3.05) is 12.5 Å². The van der Waals surface area contributed by atoms with Gasteiger partial charge in [-0.05, 0) is 30.2 Å². The first-order valence-corrected chi connectivity index (χ1v) is 6.13. The van der Waals surface area contributed by atoms with Gasteiger partial charge < -0.3 is 9.84 Å². The highest BCUT2D eigenvalue weighted by molar-refractivity contribution is 6.27. The molecule has 0 amide bonds. The molecule has 0 unspecified atom stereocenters. The number of hydrogen-bond donors (Lipinski definition) is 1. The minimum Gasteiger partial charge on any atom is -0.462 e. The monoisotopic (exact) mass is 270 g/mol. The molecule has 0 spiro atoms. The molecule has 0 atom stereocenters. The van der Waals surface area contributed by atoms with E-state index in [1.165, 1.54) is 0 Å². The maximum absolute atomic E-state index is 11.6. The van der Waals surface area contributed by atoms with Gasteiger partial charge >= 0.3 is 5.97 Å². The Morgan fingerprint density at radius 2 is 2.06 bits per heavy atom. The molecule has 1 N–H and O–H groups in total. The number of halogens is 1. The van der Waals surface area contributed by atoms with Crippen LogP contribution in [-0.4, -0.2) is 29.3 Å². The summed E-state index contributed by atoms with van der Waals surface area (Å²) < 4.78 is 4.88. The second-order valence-electron chi connectivity index (χ2n) is 3.71. The Morgan fingerprint density at radius 3 is 2.61 bits per heavy atom. The molecule has 4 nitrogen and oxygen atoms in total. The smallest absolute Gasteiger partial charge is 0.338 e. The average molecular weight is 271 g/mol. The number of ketones is 1. The summed E-state index contributed by atoms with van der Waals surface area (Å²) in [6.07, 6.45) is 0.104. The predicted octanol–water partition coefficient (Wildman–Crippen LogP) is 1.71. The molecule has 0 heterocycles. The Kier molecular flexibility index (Phi) is 5.82. The SMILES string of the molecule is CCOC(=O)c1ccc(CO)c(CC(=O)CCl)c1. The molecule has 18 heavy (non-hydrogen) atoms. The van der Waals surface area contributed by atoms with E-state index in [2.05, 4.69) is 0 Å². The number of carbonyl (C=O) groups is 2. The van der Waals surface area contributed by atoms with Crippen molar-refractivity contribution in [3.05, 3.63) is 34.9 Å². The summed E-state index contributed by atoms with van der Waals surface area (Å²) in [7, 11) is 0. The van der Waals surface area contributed by atoms with Gasteiger partial charge in [-0.15, -0.1) is 11.6 Å². The van der Waals surface area contributed by atoms with E-state index < -0.39 is 5.97 Å². The number of Topliss-reactive ketones (excluding diaryl/α,β-unsaturated/α-hetero) is 1. The van der Waals surface area contributed by atoms with Gasteiger partial charge in [-0.25, -0.2) is 4.79 Å². The van der Waals surface area contributed by atoms with E-state index in [1.807, 2.05) is 0 Å². The molecular weight excluding hydrogens is 256 g/mol. The largest absolute Gasteiger partial charge is 0.462 e. The van der Waals surface area contributed by atoms with Gasteiger partial charge in [-0.2, -0.15) is 0 Å². The number of esters is 1. The number of ether oxygens (including phenoxy) is 1. The molecule has 0 saturated carbocycles. The van der Waals surface area contributed by atoms with Crippen LogP contribution in [-0.2, 0) is 22.6 Å². The van der Waals surface area contributed by atoms with E-state index >= 15 is 0 Å². The molecule has 0 saturated heterocycles. The van der Waals surface area contributed by atoms with Crippen molar-refractivity contribution < 1.29 is 19.4 Å². The highest BCUT2D eigenvalue weighted by atomic mass is 35.5. The summed E-state index contributed by atoms with van der Waals surface area (Å²) in [6.45, 7) is 1.82. The number of benzene rings is 1. The summed E-state index contributed by atoms with van der Waals surface area (Å²) in [6, 6.07) is 4.75. The van der Waals surface area contributed by atoms with Crippen molar-refractivity contribution in [1.29, 1.82) is 0 Å². The minimum atomic E-state index is -0.443. The molecule has 0 aliphatic carbocycles. The lowest BCUT2D eigenvalue weighted by atomic mass is 10.00. The van der Waals surface area contributed by atoms with Crippen molar-refractivity contribution in [3.63, 3.8) is 0 Å². The Labute approximate surface area is 111 Å². The normalized spacial score (nSPS) is 10.2. The van der Waals surface area contributed by atoms with Crippen LogP contribution in [0.2, 0.25) is 0 Å². The molecule has 98 valence electrons. The molecule has 5 heteroatoms. The zero-order valence-electron chi connectivity index (χ0n) is 10.1. The van der Waals surface area contributed by atoms with Gasteiger partial charge in [-0.1, -0.05) is 6.07 Å². The van der Waals surface area contributed by atoms with Crippen LogP contribution in [0.25, 0.3) is 0 Å². The van der Waals surface area contributed by atoms with Gasteiger partial charge in [0.05, 0.1) is 24.7 Å². The zero-order valence-corrected chi connectivity index (χ0v) is 10.9. The number of hydrogen-bond acceptors (Lipinski definition) is 4. The summed E-state index contributed by atoms with van der Waals surface area (Å²) in [4.78, 5) is 22.9. The third-order valence-corrected chi connectivity index (χ3v) is 2.72. The quantitative estimate of drug-likeness (QED) is 0.631. The number of aliphatic hydroxyl groups is 1. The van der Waals surface area contributed by atoms with E-state index in [-0.39, 0.29) is 31.3 Å². The lowest BCUT2D eigenvalue weighted by Crippen LogP contribution is -2.10. The minimum absolute atomic E-state index is 0.0888.